The van der Waals surface area contributed by atoms with Gasteiger partial charge in [0, 0.05) is 19.6 Å². The molecular weight excluding hydrogens is 605 g/mol. The van der Waals surface area contributed by atoms with Gasteiger partial charge in [0.2, 0.25) is 5.91 Å². The van der Waals surface area contributed by atoms with E-state index in [0.717, 1.165) is 31.3 Å². The number of unbranched alkanes of at least 4 members (excludes halogenated alkanes) is 1. The second kappa shape index (κ2) is 22.8. The second-order valence-corrected chi connectivity index (χ2v) is 13.5. The number of hydrogen-bond acceptors (Lipinski definition) is 6. The molecule has 2 aliphatic heterocycles. The summed E-state index contributed by atoms with van der Waals surface area (Å²) >= 11 is 0. The van der Waals surface area contributed by atoms with E-state index in [2.05, 4.69) is 84.3 Å². The first-order valence-electron chi connectivity index (χ1n) is 17.1. The quantitative estimate of drug-likeness (QED) is 0.0597. The maximum Gasteiger partial charge on any atom is 1.00 e. The van der Waals surface area contributed by atoms with Gasteiger partial charge in [-0.3, -0.25) is 4.79 Å². The Balaban J connectivity index is 0.0000110. The number of nitrogens with one attached hydrogen (secondary N) is 2. The van der Waals surface area contributed by atoms with Crippen molar-refractivity contribution in [1.29, 1.82) is 0 Å². The minimum Gasteiger partial charge on any atom is -0.480 e. The fraction of sp³-hybridized carbons (Fsp3) is 0.730. The van der Waals surface area contributed by atoms with Crippen LogP contribution in [0.3, 0.4) is 0 Å². The largest absolute Gasteiger partial charge is 1.00 e. The van der Waals surface area contributed by atoms with Gasteiger partial charge in [-0.25, -0.2) is 9.59 Å². The van der Waals surface area contributed by atoms with Crippen molar-refractivity contribution in [2.45, 2.75) is 129 Å². The van der Waals surface area contributed by atoms with Gasteiger partial charge in [-0.05, 0) is 76.2 Å². The van der Waals surface area contributed by atoms with E-state index in [4.69, 9.17) is 14.2 Å². The summed E-state index contributed by atoms with van der Waals surface area (Å²) in [5.74, 6) is -0.0630. The molecule has 0 saturated carbocycles. The number of carboxylic acids is 1. The number of epoxide rings is 1. The van der Waals surface area contributed by atoms with Crippen molar-refractivity contribution in [2.24, 2.45) is 17.8 Å². The Morgan fingerprint density at radius 2 is 1.83 bits per heavy atom. The van der Waals surface area contributed by atoms with E-state index in [1.807, 2.05) is 0 Å². The maximum atomic E-state index is 12.7. The molecule has 272 valence electrons. The third-order valence-corrected chi connectivity index (χ3v) is 9.56. The molecule has 2 aliphatic rings. The van der Waals surface area contributed by atoms with Crippen LogP contribution in [0, 0.1) is 39.0 Å². The molecule has 2 fully saturated rings. The number of amides is 3. The Morgan fingerprint density at radius 3 is 2.42 bits per heavy atom. The molecule has 3 N–H and O–H groups in total. The molecule has 2 heterocycles. The Labute approximate surface area is 303 Å². The van der Waals surface area contributed by atoms with Gasteiger partial charge in [0.1, 0.15) is 6.04 Å². The molecule has 0 aromatic heterocycles. The number of rotatable bonds is 20. The monoisotopic (exact) mass is 669 g/mol. The van der Waals surface area contributed by atoms with Crippen LogP contribution >= 0.6 is 0 Å². The van der Waals surface area contributed by atoms with Gasteiger partial charge in [0.25, 0.3) is 0 Å². The summed E-state index contributed by atoms with van der Waals surface area (Å²) in [6.07, 6.45) is 12.2. The maximum absolute atomic E-state index is 12.7. The molecule has 0 radical (unpaired) electrons. The van der Waals surface area contributed by atoms with Crippen LogP contribution in [0.4, 0.5) is 4.79 Å². The zero-order chi connectivity index (χ0) is 34.4. The molecule has 0 spiro atoms. The number of ether oxygens (including phenoxy) is 3. The van der Waals surface area contributed by atoms with Crippen molar-refractivity contribution in [2.75, 3.05) is 26.7 Å². The van der Waals surface area contributed by atoms with Crippen molar-refractivity contribution < 1.29 is 52.6 Å². The summed E-state index contributed by atoms with van der Waals surface area (Å²) in [5, 5.41) is 14.9. The first-order chi connectivity index (χ1) is 21.8. The van der Waals surface area contributed by atoms with Gasteiger partial charge in [0.15, 0.2) is 0 Å². The molecule has 10 nitrogen and oxygen atoms in total. The molecule has 2 saturated heterocycles. The minimum atomic E-state index is -1.09. The number of carbonyl (C=O) groups excluding carboxylic acids is 2. The number of carboxylic acid groups (broad SMARTS) is 1. The topological polar surface area (TPSA) is 130 Å². The number of nitrogens with zero attached hydrogens (tertiary/aromatic N) is 1. The van der Waals surface area contributed by atoms with E-state index in [0.29, 0.717) is 43.6 Å². The van der Waals surface area contributed by atoms with Gasteiger partial charge < -0.3 is 56.1 Å². The average molecular weight is 670 g/mol. The summed E-state index contributed by atoms with van der Waals surface area (Å²) in [6.45, 7) is 21.2. The van der Waals surface area contributed by atoms with E-state index in [9.17, 15) is 19.5 Å². The van der Waals surface area contributed by atoms with Crippen molar-refractivity contribution in [3.05, 3.63) is 45.1 Å². The predicted octanol–water partition coefficient (Wildman–Crippen LogP) is 3.18. The van der Waals surface area contributed by atoms with Gasteiger partial charge in [-0.1, -0.05) is 45.9 Å². The molecular formula is C37H64LiN3O7-2. The third kappa shape index (κ3) is 14.6. The number of urea groups is 1. The van der Waals surface area contributed by atoms with E-state index >= 15 is 0 Å². The van der Waals surface area contributed by atoms with Gasteiger partial charge >= 0.3 is 30.9 Å². The SMILES string of the molecule is [CH2-]CN(C[CH2-])C(=O)N[C@H](CCCCNC(=O)C[C@H]1CC[C@H](C)[C@@H](/C(C)=C/C=C/[C@@H](C)C[C@@]2(C)O[C@@H]2[C@H](C)[C@H](CC)OC)O1)C(=O)O.[CH3-].[Li+]. The molecule has 9 atom stereocenters. The van der Waals surface area contributed by atoms with E-state index in [-0.39, 0.29) is 81.7 Å². The van der Waals surface area contributed by atoms with Crippen molar-refractivity contribution in [3.63, 3.8) is 0 Å². The Bertz CT molecular complexity index is 1030. The van der Waals surface area contributed by atoms with E-state index in [1.165, 1.54) is 4.90 Å². The molecule has 0 aromatic carbocycles. The molecule has 48 heavy (non-hydrogen) atoms. The van der Waals surface area contributed by atoms with Crippen LogP contribution in [-0.2, 0) is 23.8 Å². The van der Waals surface area contributed by atoms with Crippen molar-refractivity contribution >= 4 is 17.9 Å². The van der Waals surface area contributed by atoms with Crippen molar-refractivity contribution in [1.82, 2.24) is 15.5 Å². The van der Waals surface area contributed by atoms with Gasteiger partial charge in [-0.15, -0.1) is 13.1 Å². The zero-order valence-electron chi connectivity index (χ0n) is 31.4. The molecule has 0 bridgehead atoms. The fourth-order valence-corrected chi connectivity index (χ4v) is 6.74. The molecule has 3 amide bonds. The van der Waals surface area contributed by atoms with Crippen LogP contribution < -0.4 is 29.5 Å². The predicted molar refractivity (Wildman–Crippen MR) is 187 cm³/mol. The van der Waals surface area contributed by atoms with Crippen LogP contribution in [-0.4, -0.2) is 90.7 Å². The Morgan fingerprint density at radius 1 is 1.17 bits per heavy atom. The van der Waals surface area contributed by atoms with Crippen LogP contribution in [0.5, 0.6) is 0 Å². The summed E-state index contributed by atoms with van der Waals surface area (Å²) in [4.78, 5) is 37.7. The second-order valence-electron chi connectivity index (χ2n) is 13.5. The van der Waals surface area contributed by atoms with Crippen LogP contribution in [0.15, 0.2) is 23.8 Å². The van der Waals surface area contributed by atoms with Crippen LogP contribution in [0.2, 0.25) is 0 Å². The molecule has 0 unspecified atom stereocenters. The standard InChI is InChI=1S/C36H61N3O7.CH3.Li/c1-10-30(44-9)27(7)33-36(8,46-33)23-24(4)16-15-17-25(5)32-26(6)19-20-28(45-32)22-31(40)37-21-14-13-18-29(34(41)42)38-35(43)39(11-2)12-3;;/h15-17,24,26-30,32-33H,2-3,10-14,18-23H2,1,4-9H3,(H,37,40)(H,38,43)(H,41,42);1H3;/q-2;-1;+1/b16-15+,25-17+;;/t24-,26+,27-,28-,29-,30+,32-,33-,36-;;/m1../s1. The zero-order valence-corrected chi connectivity index (χ0v) is 31.4. The van der Waals surface area contributed by atoms with Gasteiger partial charge in [0.05, 0.1) is 36.4 Å². The van der Waals surface area contributed by atoms with Crippen LogP contribution in [0.25, 0.3) is 0 Å². The molecule has 0 aromatic rings. The van der Waals surface area contributed by atoms with Gasteiger partial charge in [-0.2, -0.15) is 0 Å². The summed E-state index contributed by atoms with van der Waals surface area (Å²) < 4.78 is 18.2. The average Bonchev–Trinajstić information content (AvgIpc) is 3.68. The third-order valence-electron chi connectivity index (χ3n) is 9.56. The Kier molecular flexibility index (Phi) is 21.9. The first-order valence-corrected chi connectivity index (χ1v) is 17.1. The smallest absolute Gasteiger partial charge is 0.480 e. The summed E-state index contributed by atoms with van der Waals surface area (Å²) in [7, 11) is 1.78. The molecule has 0 aliphatic carbocycles. The molecule has 11 heteroatoms. The number of methoxy groups -OCH3 is 1. The number of aliphatic carboxylic acids is 1. The number of hydrogen-bond donors (Lipinski definition) is 3. The first kappa shape index (κ1) is 46.2. The van der Waals surface area contributed by atoms with E-state index in [1.54, 1.807) is 7.11 Å². The summed E-state index contributed by atoms with van der Waals surface area (Å²) in [5.41, 5.74) is 1.05. The number of allylic oxidation sites excluding steroid dienone is 3. The van der Waals surface area contributed by atoms with E-state index < -0.39 is 18.0 Å². The number of carbonyl (C=O) groups is 3. The minimum absolute atomic E-state index is 0. The fourth-order valence-electron chi connectivity index (χ4n) is 6.74. The van der Waals surface area contributed by atoms with Crippen molar-refractivity contribution in [3.8, 4) is 0 Å². The Hall–Kier alpha value is -1.83. The summed E-state index contributed by atoms with van der Waals surface area (Å²) in [6, 6.07) is -1.49. The van der Waals surface area contributed by atoms with Crippen LogP contribution in [0.1, 0.15) is 92.9 Å². The normalized spacial score (nSPS) is 26.3. The molecule has 2 rings (SSSR count).